The fraction of sp³-hybridized carbons (Fsp3) is 0.143. The van der Waals surface area contributed by atoms with Gasteiger partial charge in [0.15, 0.2) is 14.8 Å². The van der Waals surface area contributed by atoms with Gasteiger partial charge in [-0.3, -0.25) is 13.9 Å². The van der Waals surface area contributed by atoms with Gasteiger partial charge in [-0.15, -0.1) is 0 Å². The molecule has 0 unspecified atom stereocenters. The number of methoxy groups -OCH3 is 1. The lowest BCUT2D eigenvalue weighted by atomic mass is 10.1. The number of thioether (sulfide) groups is 1. The van der Waals surface area contributed by atoms with Crippen molar-refractivity contribution in [3.8, 4) is 17.1 Å². The number of aromatic amines is 1. The third-order valence-electron chi connectivity index (χ3n) is 6.28. The highest BCUT2D eigenvalue weighted by atomic mass is 32.2. The van der Waals surface area contributed by atoms with Gasteiger partial charge >= 0.3 is 0 Å². The first-order valence-corrected chi connectivity index (χ1v) is 14.3. The minimum absolute atomic E-state index is 0.188. The summed E-state index contributed by atoms with van der Waals surface area (Å²) in [6.45, 7) is 2.12. The SMILES string of the molecule is CCc1ccc(-n2c(=S)sc3c(=O)n(-c4ccccc4OC)c(SCc4nc5ccccc5[nH]4)nc32)cc1. The van der Waals surface area contributed by atoms with Crippen molar-refractivity contribution < 1.29 is 4.74 Å². The summed E-state index contributed by atoms with van der Waals surface area (Å²) < 4.78 is 10.2. The average Bonchev–Trinajstić information content (AvgIpc) is 3.52. The first-order chi connectivity index (χ1) is 18.6. The van der Waals surface area contributed by atoms with Gasteiger partial charge in [-0.1, -0.05) is 66.4 Å². The van der Waals surface area contributed by atoms with Crippen LogP contribution in [0.15, 0.2) is 82.7 Å². The van der Waals surface area contributed by atoms with Gasteiger partial charge in [-0.05, 0) is 60.6 Å². The first kappa shape index (κ1) is 24.6. The molecule has 6 rings (SSSR count). The molecule has 0 fully saturated rings. The number of aromatic nitrogens is 5. The van der Waals surface area contributed by atoms with Crippen molar-refractivity contribution in [1.29, 1.82) is 0 Å². The molecular weight excluding hydrogens is 535 g/mol. The number of rotatable bonds is 7. The maximum atomic E-state index is 14.0. The highest BCUT2D eigenvalue weighted by Crippen LogP contribution is 2.31. The maximum absolute atomic E-state index is 14.0. The van der Waals surface area contributed by atoms with E-state index in [9.17, 15) is 4.79 Å². The minimum atomic E-state index is -0.188. The van der Waals surface area contributed by atoms with Crippen LogP contribution in [-0.2, 0) is 12.2 Å². The van der Waals surface area contributed by atoms with Crippen LogP contribution in [0, 0.1) is 3.95 Å². The summed E-state index contributed by atoms with van der Waals surface area (Å²) in [6.07, 6.45) is 0.945. The molecular formula is C28H23N5O2S3. The molecule has 0 aliphatic heterocycles. The predicted molar refractivity (Wildman–Crippen MR) is 157 cm³/mol. The van der Waals surface area contributed by atoms with Gasteiger partial charge in [0, 0.05) is 5.69 Å². The van der Waals surface area contributed by atoms with Crippen molar-refractivity contribution in [3.63, 3.8) is 0 Å². The molecule has 0 bridgehead atoms. The summed E-state index contributed by atoms with van der Waals surface area (Å²) in [7, 11) is 1.59. The number of hydrogen-bond acceptors (Lipinski definition) is 7. The molecule has 3 heterocycles. The van der Waals surface area contributed by atoms with E-state index in [4.69, 9.17) is 26.9 Å². The van der Waals surface area contributed by atoms with E-state index in [-0.39, 0.29) is 5.56 Å². The van der Waals surface area contributed by atoms with Crippen LogP contribution in [0.25, 0.3) is 32.8 Å². The fourth-order valence-corrected chi connectivity index (χ4v) is 6.55. The molecule has 0 aliphatic rings. The van der Waals surface area contributed by atoms with Gasteiger partial charge < -0.3 is 9.72 Å². The normalized spacial score (nSPS) is 11.4. The molecule has 0 atom stereocenters. The van der Waals surface area contributed by atoms with Crippen LogP contribution in [0.2, 0.25) is 0 Å². The number of H-pyrrole nitrogens is 1. The zero-order valence-corrected chi connectivity index (χ0v) is 23.1. The number of nitrogens with zero attached hydrogens (tertiary/aromatic N) is 4. The molecule has 0 aliphatic carbocycles. The lowest BCUT2D eigenvalue weighted by Crippen LogP contribution is -2.22. The number of hydrogen-bond donors (Lipinski definition) is 1. The van der Waals surface area contributed by atoms with Crippen molar-refractivity contribution >= 4 is 56.7 Å². The second-order valence-corrected chi connectivity index (χ2v) is 11.2. The highest BCUT2D eigenvalue weighted by molar-refractivity contribution is 7.98. The van der Waals surface area contributed by atoms with Crippen molar-refractivity contribution in [2.24, 2.45) is 0 Å². The summed E-state index contributed by atoms with van der Waals surface area (Å²) in [6, 6.07) is 23.6. The number of benzene rings is 3. The predicted octanol–water partition coefficient (Wildman–Crippen LogP) is 6.71. The van der Waals surface area contributed by atoms with Crippen molar-refractivity contribution in [3.05, 3.63) is 98.5 Å². The zero-order chi connectivity index (χ0) is 26.2. The van der Waals surface area contributed by atoms with E-state index >= 15 is 0 Å². The number of ether oxygens (including phenoxy) is 1. The Morgan fingerprint density at radius 3 is 2.53 bits per heavy atom. The lowest BCUT2D eigenvalue weighted by molar-refractivity contribution is 0.411. The van der Waals surface area contributed by atoms with E-state index in [1.54, 1.807) is 11.7 Å². The van der Waals surface area contributed by atoms with Gasteiger partial charge in [0.1, 0.15) is 16.3 Å². The molecule has 38 heavy (non-hydrogen) atoms. The van der Waals surface area contributed by atoms with Crippen LogP contribution >= 0.6 is 35.3 Å². The second-order valence-electron chi connectivity index (χ2n) is 8.57. The summed E-state index contributed by atoms with van der Waals surface area (Å²) in [4.78, 5) is 27.1. The van der Waals surface area contributed by atoms with Crippen LogP contribution < -0.4 is 10.3 Å². The molecule has 1 N–H and O–H groups in total. The second kappa shape index (κ2) is 10.2. The smallest absolute Gasteiger partial charge is 0.278 e. The number of fused-ring (bicyclic) bond motifs is 2. The van der Waals surface area contributed by atoms with Crippen molar-refractivity contribution in [1.82, 2.24) is 24.1 Å². The summed E-state index contributed by atoms with van der Waals surface area (Å²) in [5, 5.41) is 0.527. The third kappa shape index (κ3) is 4.34. The molecule has 0 amide bonds. The Bertz CT molecular complexity index is 1870. The Balaban J connectivity index is 1.54. The van der Waals surface area contributed by atoms with Crippen molar-refractivity contribution in [2.75, 3.05) is 7.11 Å². The van der Waals surface area contributed by atoms with Crippen LogP contribution in [0.3, 0.4) is 0 Å². The molecule has 3 aromatic heterocycles. The van der Waals surface area contributed by atoms with Gasteiger partial charge in [-0.2, -0.15) is 0 Å². The molecule has 7 nitrogen and oxygen atoms in total. The summed E-state index contributed by atoms with van der Waals surface area (Å²) >= 11 is 8.44. The van der Waals surface area contributed by atoms with Crippen LogP contribution in [0.4, 0.5) is 0 Å². The van der Waals surface area contributed by atoms with Crippen LogP contribution in [-0.4, -0.2) is 31.2 Å². The van der Waals surface area contributed by atoms with E-state index in [2.05, 4.69) is 24.0 Å². The maximum Gasteiger partial charge on any atom is 0.278 e. The number of imidazole rings is 1. The fourth-order valence-electron chi connectivity index (χ4n) is 4.37. The number of nitrogens with one attached hydrogen (secondary N) is 1. The molecule has 0 saturated carbocycles. The molecule has 0 saturated heterocycles. The van der Waals surface area contributed by atoms with E-state index in [1.165, 1.54) is 28.7 Å². The largest absolute Gasteiger partial charge is 0.495 e. The molecule has 3 aromatic carbocycles. The highest BCUT2D eigenvalue weighted by Gasteiger charge is 2.21. The molecule has 10 heteroatoms. The molecule has 0 spiro atoms. The van der Waals surface area contributed by atoms with E-state index in [1.807, 2.05) is 65.2 Å². The van der Waals surface area contributed by atoms with Crippen LogP contribution in [0.1, 0.15) is 18.3 Å². The van der Waals surface area contributed by atoms with E-state index < -0.39 is 0 Å². The topological polar surface area (TPSA) is 77.7 Å². The van der Waals surface area contributed by atoms with E-state index in [0.29, 0.717) is 36.6 Å². The number of aryl methyl sites for hydroxylation is 1. The quantitative estimate of drug-likeness (QED) is 0.134. The molecule has 190 valence electrons. The Morgan fingerprint density at radius 1 is 1.00 bits per heavy atom. The number of para-hydroxylation sites is 4. The summed E-state index contributed by atoms with van der Waals surface area (Å²) in [5.74, 6) is 1.88. The van der Waals surface area contributed by atoms with Gasteiger partial charge in [0.25, 0.3) is 5.56 Å². The van der Waals surface area contributed by atoms with Gasteiger partial charge in [0.2, 0.25) is 0 Å². The Morgan fingerprint density at radius 2 is 1.76 bits per heavy atom. The average molecular weight is 558 g/mol. The zero-order valence-electron chi connectivity index (χ0n) is 20.7. The summed E-state index contributed by atoms with van der Waals surface area (Å²) in [5.41, 5.74) is 4.96. The van der Waals surface area contributed by atoms with Crippen molar-refractivity contribution in [2.45, 2.75) is 24.3 Å². The number of thiazole rings is 1. The lowest BCUT2D eigenvalue weighted by Gasteiger charge is -2.15. The van der Waals surface area contributed by atoms with Gasteiger partial charge in [0.05, 0.1) is 29.6 Å². The first-order valence-electron chi connectivity index (χ1n) is 12.0. The molecule has 6 aromatic rings. The minimum Gasteiger partial charge on any atom is -0.495 e. The monoisotopic (exact) mass is 557 g/mol. The van der Waals surface area contributed by atoms with E-state index in [0.717, 1.165) is 29.0 Å². The Kier molecular flexibility index (Phi) is 6.61. The van der Waals surface area contributed by atoms with Gasteiger partial charge in [-0.25, -0.2) is 9.97 Å². The Hall–Kier alpha value is -3.73. The molecule has 0 radical (unpaired) electrons. The van der Waals surface area contributed by atoms with Crippen LogP contribution in [0.5, 0.6) is 5.75 Å². The Labute approximate surface area is 231 Å². The standard InChI is InChI=1S/C28H23N5O2S3/c1-3-17-12-14-18(15-13-17)32-25-24(38-28(32)36)26(34)33(21-10-6-7-11-22(21)35-2)27(31-25)37-16-23-29-19-8-4-5-9-20(19)30-23/h4-15H,3,16H2,1-2H3,(H,29,30). The third-order valence-corrected chi connectivity index (χ3v) is 8.58.